The molecule has 0 bridgehead atoms. The molecule has 0 amide bonds. The van der Waals surface area contributed by atoms with E-state index in [1.165, 1.54) is 16.3 Å². The van der Waals surface area contributed by atoms with E-state index in [0.29, 0.717) is 21.6 Å². The van der Waals surface area contributed by atoms with Gasteiger partial charge in [-0.3, -0.25) is 0 Å². The van der Waals surface area contributed by atoms with Crippen molar-refractivity contribution in [2.24, 2.45) is 5.92 Å². The topological polar surface area (TPSA) is 9.23 Å². The van der Waals surface area contributed by atoms with Crippen LogP contribution in [0.4, 0.5) is 0 Å². The van der Waals surface area contributed by atoms with Crippen LogP contribution in [0.2, 0.25) is 0 Å². The minimum Gasteiger partial charge on any atom is -0.411 e. The van der Waals surface area contributed by atoms with Gasteiger partial charge in [0.2, 0.25) is 0 Å². The molecule has 0 aliphatic heterocycles. The monoisotopic (exact) mass is 276 g/mol. The van der Waals surface area contributed by atoms with Crippen molar-refractivity contribution in [1.29, 1.82) is 0 Å². The van der Waals surface area contributed by atoms with E-state index in [0.717, 1.165) is 18.9 Å². The zero-order valence-corrected chi connectivity index (χ0v) is 14.3. The Labute approximate surface area is 121 Å². The van der Waals surface area contributed by atoms with Gasteiger partial charge in [-0.05, 0) is 40.5 Å². The normalized spacial score (nSPS) is 11.8. The highest BCUT2D eigenvalue weighted by molar-refractivity contribution is 6.47. The third kappa shape index (κ3) is 5.11. The van der Waals surface area contributed by atoms with E-state index in [-0.39, 0.29) is 0 Å². The van der Waals surface area contributed by atoms with E-state index in [4.69, 9.17) is 4.43 Å². The standard InChI is InChI=1S/C17H28OSi/c1-12(2)10-11-18-19-16-9-7-8-15(13(3)4)17(16)14(5)6/h7-9,12-14H,10-11H2,1-6H3. The minimum atomic E-state index is 0.485. The molecule has 0 saturated carbocycles. The first-order chi connectivity index (χ1) is 8.93. The van der Waals surface area contributed by atoms with Crippen molar-refractivity contribution >= 4 is 14.9 Å². The SMILES string of the molecule is CC(C)CCO[Si]c1cccc(C(C)C)c1C(C)C. The van der Waals surface area contributed by atoms with Crippen LogP contribution in [0.25, 0.3) is 0 Å². The predicted octanol–water partition coefficient (Wildman–Crippen LogP) is 4.24. The quantitative estimate of drug-likeness (QED) is 0.534. The van der Waals surface area contributed by atoms with E-state index in [9.17, 15) is 0 Å². The van der Waals surface area contributed by atoms with Crippen LogP contribution < -0.4 is 5.19 Å². The molecule has 1 aromatic rings. The van der Waals surface area contributed by atoms with Crippen LogP contribution in [-0.4, -0.2) is 16.4 Å². The second-order valence-corrected chi connectivity index (χ2v) is 7.28. The van der Waals surface area contributed by atoms with Gasteiger partial charge in [0.15, 0.2) is 0 Å². The smallest absolute Gasteiger partial charge is 0.268 e. The Hall–Kier alpha value is -0.603. The van der Waals surface area contributed by atoms with Crippen molar-refractivity contribution in [3.8, 4) is 0 Å². The van der Waals surface area contributed by atoms with Crippen molar-refractivity contribution in [3.63, 3.8) is 0 Å². The fourth-order valence-electron chi connectivity index (χ4n) is 2.24. The number of rotatable bonds is 7. The first kappa shape index (κ1) is 16.5. The van der Waals surface area contributed by atoms with Crippen molar-refractivity contribution in [3.05, 3.63) is 29.3 Å². The summed E-state index contributed by atoms with van der Waals surface area (Å²) in [5.41, 5.74) is 2.98. The van der Waals surface area contributed by atoms with Gasteiger partial charge in [0.05, 0.1) is 0 Å². The van der Waals surface area contributed by atoms with Gasteiger partial charge in [-0.2, -0.15) is 0 Å². The number of hydrogen-bond donors (Lipinski definition) is 0. The molecule has 0 aromatic heterocycles. The molecule has 19 heavy (non-hydrogen) atoms. The molecular formula is C17H28OSi. The summed E-state index contributed by atoms with van der Waals surface area (Å²) in [4.78, 5) is 0. The lowest BCUT2D eigenvalue weighted by Crippen LogP contribution is -2.25. The second kappa shape index (κ2) is 7.86. The van der Waals surface area contributed by atoms with Gasteiger partial charge >= 0.3 is 0 Å². The van der Waals surface area contributed by atoms with E-state index < -0.39 is 0 Å². The van der Waals surface area contributed by atoms with E-state index in [2.05, 4.69) is 59.7 Å². The van der Waals surface area contributed by atoms with Crippen molar-refractivity contribution in [2.45, 2.75) is 59.8 Å². The van der Waals surface area contributed by atoms with E-state index in [1.807, 2.05) is 0 Å². The van der Waals surface area contributed by atoms with Crippen LogP contribution in [-0.2, 0) is 4.43 Å². The third-order valence-corrected chi connectivity index (χ3v) is 4.32. The van der Waals surface area contributed by atoms with Crippen molar-refractivity contribution in [2.75, 3.05) is 6.61 Å². The highest BCUT2D eigenvalue weighted by Gasteiger charge is 2.15. The molecule has 106 valence electrons. The molecule has 0 saturated heterocycles. The maximum absolute atomic E-state index is 5.88. The molecule has 0 spiro atoms. The largest absolute Gasteiger partial charge is 0.411 e. The van der Waals surface area contributed by atoms with Crippen LogP contribution in [0, 0.1) is 5.92 Å². The highest BCUT2D eigenvalue weighted by Crippen LogP contribution is 2.24. The molecule has 1 nitrogen and oxygen atoms in total. The fourth-order valence-corrected chi connectivity index (χ4v) is 3.33. The summed E-state index contributed by atoms with van der Waals surface area (Å²) in [6.45, 7) is 14.5. The van der Waals surface area contributed by atoms with Gasteiger partial charge < -0.3 is 4.43 Å². The Bertz CT molecular complexity index is 383. The Kier molecular flexibility index (Phi) is 6.80. The van der Waals surface area contributed by atoms with E-state index in [1.54, 1.807) is 0 Å². The number of hydrogen-bond acceptors (Lipinski definition) is 1. The number of benzene rings is 1. The Morgan fingerprint density at radius 3 is 2.21 bits per heavy atom. The first-order valence-corrected chi connectivity index (χ1v) is 8.34. The molecular weight excluding hydrogens is 248 g/mol. The molecule has 0 N–H and O–H groups in total. The first-order valence-electron chi connectivity index (χ1n) is 7.44. The fraction of sp³-hybridized carbons (Fsp3) is 0.647. The van der Waals surface area contributed by atoms with Crippen LogP contribution in [0.5, 0.6) is 0 Å². The van der Waals surface area contributed by atoms with Crippen LogP contribution in [0.15, 0.2) is 18.2 Å². The molecule has 0 unspecified atom stereocenters. The van der Waals surface area contributed by atoms with Crippen LogP contribution in [0.3, 0.4) is 0 Å². The molecule has 0 atom stereocenters. The lowest BCUT2D eigenvalue weighted by atomic mass is 9.91. The van der Waals surface area contributed by atoms with Gasteiger partial charge in [-0.15, -0.1) is 0 Å². The van der Waals surface area contributed by atoms with Crippen molar-refractivity contribution < 1.29 is 4.43 Å². The maximum atomic E-state index is 5.88. The summed E-state index contributed by atoms with van der Waals surface area (Å²) in [6, 6.07) is 6.67. The molecule has 0 aliphatic rings. The summed E-state index contributed by atoms with van der Waals surface area (Å²) in [6.07, 6.45) is 1.15. The predicted molar refractivity (Wildman–Crippen MR) is 85.4 cm³/mol. The Morgan fingerprint density at radius 2 is 1.68 bits per heavy atom. The lowest BCUT2D eigenvalue weighted by molar-refractivity contribution is 0.308. The van der Waals surface area contributed by atoms with Gasteiger partial charge in [0.1, 0.15) is 0 Å². The maximum Gasteiger partial charge on any atom is 0.268 e. The van der Waals surface area contributed by atoms with Gasteiger partial charge in [-0.25, -0.2) is 0 Å². The average Bonchev–Trinajstić information content (AvgIpc) is 2.33. The molecule has 0 heterocycles. The summed E-state index contributed by atoms with van der Waals surface area (Å²) >= 11 is 0. The van der Waals surface area contributed by atoms with Crippen molar-refractivity contribution in [1.82, 2.24) is 0 Å². The zero-order chi connectivity index (χ0) is 14.4. The van der Waals surface area contributed by atoms with Gasteiger partial charge in [-0.1, -0.05) is 59.7 Å². The molecule has 0 fully saturated rings. The minimum absolute atomic E-state index is 0.485. The average molecular weight is 276 g/mol. The summed E-state index contributed by atoms with van der Waals surface area (Å²) in [5, 5.41) is 1.39. The molecule has 0 aliphatic carbocycles. The second-order valence-electron chi connectivity index (χ2n) is 6.25. The van der Waals surface area contributed by atoms with Gasteiger partial charge in [0.25, 0.3) is 9.76 Å². The molecule has 2 radical (unpaired) electrons. The van der Waals surface area contributed by atoms with Crippen LogP contribution >= 0.6 is 0 Å². The molecule has 1 rings (SSSR count). The Balaban J connectivity index is 2.79. The van der Waals surface area contributed by atoms with E-state index >= 15 is 0 Å². The summed E-state index contributed by atoms with van der Waals surface area (Å²) in [7, 11) is 0.485. The van der Waals surface area contributed by atoms with Crippen LogP contribution in [0.1, 0.15) is 70.9 Å². The summed E-state index contributed by atoms with van der Waals surface area (Å²) < 4.78 is 5.88. The summed E-state index contributed by atoms with van der Waals surface area (Å²) in [5.74, 6) is 1.86. The highest BCUT2D eigenvalue weighted by atomic mass is 28.2. The lowest BCUT2D eigenvalue weighted by Gasteiger charge is -2.19. The third-order valence-electron chi connectivity index (χ3n) is 3.32. The van der Waals surface area contributed by atoms with Gasteiger partial charge in [0, 0.05) is 6.61 Å². The Morgan fingerprint density at radius 1 is 1.00 bits per heavy atom. The molecule has 2 heteroatoms. The molecule has 1 aromatic carbocycles. The zero-order valence-electron chi connectivity index (χ0n) is 13.3.